The molecule has 92 valence electrons. The Morgan fingerprint density at radius 1 is 1.29 bits per heavy atom. The first kappa shape index (κ1) is 11.2. The maximum absolute atomic E-state index is 9.50. The molecule has 17 heavy (non-hydrogen) atoms. The van der Waals surface area contributed by atoms with Crippen LogP contribution < -0.4 is 5.32 Å². The van der Waals surface area contributed by atoms with Crippen molar-refractivity contribution in [3.8, 4) is 0 Å². The Kier molecular flexibility index (Phi) is 2.90. The molecular weight excluding hydrogens is 212 g/mol. The van der Waals surface area contributed by atoms with E-state index in [0.717, 1.165) is 32.7 Å². The molecule has 1 aromatic carbocycles. The van der Waals surface area contributed by atoms with E-state index in [1.807, 2.05) is 0 Å². The number of nitrogens with zero attached hydrogens (tertiary/aromatic N) is 1. The third-order valence-corrected chi connectivity index (χ3v) is 4.31. The lowest BCUT2D eigenvalue weighted by atomic mass is 9.73. The number of hydrogen-bond donors (Lipinski definition) is 2. The molecule has 0 radical (unpaired) electrons. The Hall–Kier alpha value is -0.900. The number of aliphatic hydroxyl groups is 1. The van der Waals surface area contributed by atoms with Crippen molar-refractivity contribution in [2.45, 2.75) is 6.54 Å². The SMILES string of the molecule is OC[C@@H]1CN(Cc2ccccc2)CC12CNC2. The molecule has 0 aliphatic carbocycles. The van der Waals surface area contributed by atoms with Crippen molar-refractivity contribution in [1.82, 2.24) is 10.2 Å². The van der Waals surface area contributed by atoms with E-state index in [9.17, 15) is 5.11 Å². The Morgan fingerprint density at radius 3 is 2.59 bits per heavy atom. The van der Waals surface area contributed by atoms with Gasteiger partial charge in [0.1, 0.15) is 0 Å². The van der Waals surface area contributed by atoms with Crippen molar-refractivity contribution < 1.29 is 5.11 Å². The van der Waals surface area contributed by atoms with Gasteiger partial charge in [0, 0.05) is 50.7 Å². The van der Waals surface area contributed by atoms with Gasteiger partial charge in [-0.3, -0.25) is 4.90 Å². The first-order valence-electron chi connectivity index (χ1n) is 6.40. The van der Waals surface area contributed by atoms with Crippen LogP contribution in [0.1, 0.15) is 5.56 Å². The van der Waals surface area contributed by atoms with Crippen molar-refractivity contribution in [2.75, 3.05) is 32.8 Å². The highest BCUT2D eigenvalue weighted by atomic mass is 16.3. The summed E-state index contributed by atoms with van der Waals surface area (Å²) in [7, 11) is 0. The van der Waals surface area contributed by atoms with Crippen LogP contribution in [0.2, 0.25) is 0 Å². The van der Waals surface area contributed by atoms with Crippen LogP contribution in [0.3, 0.4) is 0 Å². The molecule has 2 aliphatic heterocycles. The van der Waals surface area contributed by atoms with Crippen molar-refractivity contribution in [2.24, 2.45) is 11.3 Å². The molecule has 1 atom stereocenters. The minimum Gasteiger partial charge on any atom is -0.396 e. The van der Waals surface area contributed by atoms with Gasteiger partial charge in [-0.1, -0.05) is 30.3 Å². The Morgan fingerprint density at radius 2 is 2.06 bits per heavy atom. The summed E-state index contributed by atoms with van der Waals surface area (Å²) >= 11 is 0. The van der Waals surface area contributed by atoms with Crippen LogP contribution in [0.5, 0.6) is 0 Å². The smallest absolute Gasteiger partial charge is 0.0478 e. The van der Waals surface area contributed by atoms with E-state index in [0.29, 0.717) is 17.9 Å². The number of aliphatic hydroxyl groups excluding tert-OH is 1. The summed E-state index contributed by atoms with van der Waals surface area (Å²) in [5.74, 6) is 0.451. The van der Waals surface area contributed by atoms with E-state index in [1.165, 1.54) is 5.56 Å². The molecule has 0 saturated carbocycles. The predicted octanol–water partition coefficient (Wildman–Crippen LogP) is 0.700. The molecule has 2 N–H and O–H groups in total. The van der Waals surface area contributed by atoms with Gasteiger partial charge in [0.05, 0.1) is 0 Å². The monoisotopic (exact) mass is 232 g/mol. The molecule has 3 nitrogen and oxygen atoms in total. The molecule has 0 amide bonds. The highest BCUT2D eigenvalue weighted by Gasteiger charge is 2.49. The molecule has 2 aliphatic rings. The first-order chi connectivity index (χ1) is 8.32. The minimum absolute atomic E-state index is 0.326. The molecule has 0 unspecified atom stereocenters. The number of benzene rings is 1. The fourth-order valence-electron chi connectivity index (χ4n) is 3.20. The van der Waals surface area contributed by atoms with E-state index in [2.05, 4.69) is 40.5 Å². The van der Waals surface area contributed by atoms with Crippen molar-refractivity contribution >= 4 is 0 Å². The first-order valence-corrected chi connectivity index (χ1v) is 6.40. The predicted molar refractivity (Wildman–Crippen MR) is 67.6 cm³/mol. The topological polar surface area (TPSA) is 35.5 Å². The Labute approximate surface area is 102 Å². The van der Waals surface area contributed by atoms with Crippen molar-refractivity contribution in [1.29, 1.82) is 0 Å². The second-order valence-corrected chi connectivity index (χ2v) is 5.50. The number of hydrogen-bond acceptors (Lipinski definition) is 3. The fourth-order valence-corrected chi connectivity index (χ4v) is 3.20. The van der Waals surface area contributed by atoms with Gasteiger partial charge in [-0.25, -0.2) is 0 Å². The van der Waals surface area contributed by atoms with Gasteiger partial charge in [0.2, 0.25) is 0 Å². The van der Waals surface area contributed by atoms with Crippen LogP contribution in [0.15, 0.2) is 30.3 Å². The summed E-state index contributed by atoms with van der Waals surface area (Å²) < 4.78 is 0. The van der Waals surface area contributed by atoms with Gasteiger partial charge < -0.3 is 10.4 Å². The van der Waals surface area contributed by atoms with Gasteiger partial charge in [-0.15, -0.1) is 0 Å². The molecular formula is C14H20N2O. The molecule has 1 spiro atoms. The molecule has 3 rings (SSSR count). The molecule has 3 heteroatoms. The van der Waals surface area contributed by atoms with Crippen LogP contribution in [0.4, 0.5) is 0 Å². The Bertz CT molecular complexity index is 375. The summed E-state index contributed by atoms with van der Waals surface area (Å²) in [5, 5.41) is 12.9. The second kappa shape index (κ2) is 4.41. The summed E-state index contributed by atoms with van der Waals surface area (Å²) in [4.78, 5) is 2.48. The van der Waals surface area contributed by atoms with Crippen LogP contribution in [-0.4, -0.2) is 42.8 Å². The maximum atomic E-state index is 9.50. The lowest BCUT2D eigenvalue weighted by molar-refractivity contribution is 0.0779. The zero-order valence-corrected chi connectivity index (χ0v) is 10.1. The zero-order chi connectivity index (χ0) is 11.7. The average molecular weight is 232 g/mol. The minimum atomic E-state index is 0.326. The van der Waals surface area contributed by atoms with Gasteiger partial charge in [-0.05, 0) is 5.56 Å². The van der Waals surface area contributed by atoms with E-state index >= 15 is 0 Å². The lowest BCUT2D eigenvalue weighted by Gasteiger charge is -2.43. The highest BCUT2D eigenvalue weighted by Crippen LogP contribution is 2.39. The Balaban J connectivity index is 1.67. The van der Waals surface area contributed by atoms with Crippen molar-refractivity contribution in [3.63, 3.8) is 0 Å². The van der Waals surface area contributed by atoms with E-state index < -0.39 is 0 Å². The van der Waals surface area contributed by atoms with Gasteiger partial charge in [0.15, 0.2) is 0 Å². The number of nitrogens with one attached hydrogen (secondary N) is 1. The van der Waals surface area contributed by atoms with Crippen LogP contribution >= 0.6 is 0 Å². The quantitative estimate of drug-likeness (QED) is 0.805. The van der Waals surface area contributed by atoms with E-state index in [1.54, 1.807) is 0 Å². The summed E-state index contributed by atoms with van der Waals surface area (Å²) in [6, 6.07) is 10.6. The largest absolute Gasteiger partial charge is 0.396 e. The van der Waals surface area contributed by atoms with Gasteiger partial charge in [-0.2, -0.15) is 0 Å². The van der Waals surface area contributed by atoms with Gasteiger partial charge in [0.25, 0.3) is 0 Å². The van der Waals surface area contributed by atoms with Crippen LogP contribution in [0.25, 0.3) is 0 Å². The van der Waals surface area contributed by atoms with Crippen LogP contribution in [0, 0.1) is 11.3 Å². The molecule has 2 heterocycles. The average Bonchev–Trinajstić information content (AvgIpc) is 2.69. The molecule has 0 bridgehead atoms. The molecule has 2 saturated heterocycles. The maximum Gasteiger partial charge on any atom is 0.0478 e. The molecule has 2 fully saturated rings. The zero-order valence-electron chi connectivity index (χ0n) is 10.1. The highest BCUT2D eigenvalue weighted by molar-refractivity contribution is 5.15. The molecule has 1 aromatic rings. The fraction of sp³-hybridized carbons (Fsp3) is 0.571. The summed E-state index contributed by atoms with van der Waals surface area (Å²) in [6.45, 7) is 5.65. The van der Waals surface area contributed by atoms with Crippen molar-refractivity contribution in [3.05, 3.63) is 35.9 Å². The normalized spacial score (nSPS) is 27.2. The van der Waals surface area contributed by atoms with Crippen LogP contribution in [-0.2, 0) is 6.54 Å². The lowest BCUT2D eigenvalue weighted by Crippen LogP contribution is -2.58. The standard InChI is InChI=1S/C14H20N2O/c17-8-13-7-16(11-14(13)9-15-10-14)6-12-4-2-1-3-5-12/h1-5,13,15,17H,6-11H2/t13-/m0/s1. The summed E-state index contributed by atoms with van der Waals surface area (Å²) in [5.41, 5.74) is 1.72. The number of likely N-dealkylation sites (tertiary alicyclic amines) is 1. The summed E-state index contributed by atoms with van der Waals surface area (Å²) in [6.07, 6.45) is 0. The molecule has 0 aromatic heterocycles. The third-order valence-electron chi connectivity index (χ3n) is 4.31. The third kappa shape index (κ3) is 1.99. The van der Waals surface area contributed by atoms with E-state index in [-0.39, 0.29) is 0 Å². The van der Waals surface area contributed by atoms with Gasteiger partial charge >= 0.3 is 0 Å². The van der Waals surface area contributed by atoms with E-state index in [4.69, 9.17) is 0 Å². The second-order valence-electron chi connectivity index (χ2n) is 5.50. The number of rotatable bonds is 3.